The Kier molecular flexibility index (Phi) is 5.05. The second-order valence-electron chi connectivity index (χ2n) is 8.35. The molecule has 5 heteroatoms. The Labute approximate surface area is 150 Å². The van der Waals surface area contributed by atoms with Crippen molar-refractivity contribution in [3.05, 3.63) is 0 Å². The summed E-state index contributed by atoms with van der Waals surface area (Å²) < 4.78 is 5.76. The summed E-state index contributed by atoms with van der Waals surface area (Å²) >= 11 is 0. The highest BCUT2D eigenvalue weighted by Crippen LogP contribution is 2.55. The van der Waals surface area contributed by atoms with Gasteiger partial charge in [0.05, 0.1) is 20.1 Å². The van der Waals surface area contributed by atoms with Crippen LogP contribution in [0.5, 0.6) is 0 Å². The Morgan fingerprint density at radius 1 is 1.18 bits per heavy atom. The fourth-order valence-electron chi connectivity index (χ4n) is 5.90. The van der Waals surface area contributed by atoms with Crippen LogP contribution in [-0.4, -0.2) is 44.3 Å². The first-order valence-corrected chi connectivity index (χ1v) is 8.84. The van der Waals surface area contributed by atoms with Gasteiger partial charge in [-0.25, -0.2) is 0 Å². The molecular formula is C17H29IN2O2. The summed E-state index contributed by atoms with van der Waals surface area (Å²) in [6.45, 7) is 2.82. The molecule has 5 aliphatic rings. The number of ether oxygens (including phenoxy) is 1. The van der Waals surface area contributed by atoms with Gasteiger partial charge in [-0.05, 0) is 56.3 Å². The van der Waals surface area contributed by atoms with E-state index in [-0.39, 0.29) is 41.5 Å². The van der Waals surface area contributed by atoms with Gasteiger partial charge in [-0.2, -0.15) is 0 Å². The monoisotopic (exact) mass is 420 g/mol. The number of carbonyl (C=O) groups is 1. The molecule has 5 rings (SSSR count). The van der Waals surface area contributed by atoms with Crippen molar-refractivity contribution in [1.82, 2.24) is 5.32 Å². The molecule has 0 radical (unpaired) electrons. The zero-order chi connectivity index (χ0) is 14.4. The summed E-state index contributed by atoms with van der Waals surface area (Å²) in [6, 6.07) is 0. The molecule has 1 saturated heterocycles. The lowest BCUT2D eigenvalue weighted by Crippen LogP contribution is -3.12. The summed E-state index contributed by atoms with van der Waals surface area (Å²) in [7, 11) is 2.19. The molecule has 4 nitrogen and oxygen atoms in total. The van der Waals surface area contributed by atoms with Gasteiger partial charge in [-0.3, -0.25) is 4.79 Å². The summed E-state index contributed by atoms with van der Waals surface area (Å²) in [5.41, 5.74) is 0.152. The minimum absolute atomic E-state index is 0. The first-order valence-electron chi connectivity index (χ1n) is 8.84. The topological polar surface area (TPSA) is 42.8 Å². The van der Waals surface area contributed by atoms with Crippen LogP contribution in [0.25, 0.3) is 0 Å². The average molecular weight is 420 g/mol. The van der Waals surface area contributed by atoms with Gasteiger partial charge in [0.2, 0.25) is 5.91 Å². The zero-order valence-electron chi connectivity index (χ0n) is 13.6. The van der Waals surface area contributed by atoms with E-state index in [1.54, 1.807) is 0 Å². The molecule has 5 fully saturated rings. The highest BCUT2D eigenvalue weighted by Gasteiger charge is 2.51. The molecule has 0 aromatic carbocycles. The molecule has 1 amide bonds. The molecule has 4 saturated carbocycles. The number of amides is 1. The smallest absolute Gasteiger partial charge is 0.223 e. The van der Waals surface area contributed by atoms with Crippen molar-refractivity contribution in [1.29, 1.82) is 0 Å². The fourth-order valence-corrected chi connectivity index (χ4v) is 5.90. The van der Waals surface area contributed by atoms with Gasteiger partial charge < -0.3 is 38.9 Å². The number of hydrogen-bond donors (Lipinski definition) is 2. The SMILES string of the molecule is C[NH+]1CCOC(CC(=O)NC23CC4CC(CC(C4)C2)C3)C1.[I-]. The molecule has 4 aliphatic carbocycles. The Bertz CT molecular complexity index is 394. The van der Waals surface area contributed by atoms with E-state index in [0.717, 1.165) is 37.5 Å². The van der Waals surface area contributed by atoms with Crippen LogP contribution in [-0.2, 0) is 9.53 Å². The molecule has 2 atom stereocenters. The van der Waals surface area contributed by atoms with Crippen molar-refractivity contribution in [2.75, 3.05) is 26.7 Å². The Morgan fingerprint density at radius 2 is 1.77 bits per heavy atom. The highest BCUT2D eigenvalue weighted by molar-refractivity contribution is 5.77. The lowest BCUT2D eigenvalue weighted by Gasteiger charge is -2.57. The normalized spacial score (nSPS) is 46.1. The van der Waals surface area contributed by atoms with Crippen molar-refractivity contribution in [3.63, 3.8) is 0 Å². The number of morpholine rings is 1. The van der Waals surface area contributed by atoms with Crippen LogP contribution in [0.15, 0.2) is 0 Å². The van der Waals surface area contributed by atoms with E-state index in [1.807, 2.05) is 0 Å². The highest BCUT2D eigenvalue weighted by atomic mass is 127. The van der Waals surface area contributed by atoms with E-state index >= 15 is 0 Å². The van der Waals surface area contributed by atoms with Gasteiger partial charge >= 0.3 is 0 Å². The predicted molar refractivity (Wildman–Crippen MR) is 80.0 cm³/mol. The van der Waals surface area contributed by atoms with Crippen molar-refractivity contribution >= 4 is 5.91 Å². The first-order chi connectivity index (χ1) is 10.1. The number of carbonyl (C=O) groups excluding carboxylic acids is 1. The molecule has 4 bridgehead atoms. The Balaban J connectivity index is 0.00000144. The standard InChI is InChI=1S/C17H28N2O2.HI/c1-19-2-3-21-15(11-19)7-16(20)18-17-8-12-4-13(9-17)6-14(5-12)10-17;/h12-15H,2-11H2,1H3,(H,18,20);1H. The van der Waals surface area contributed by atoms with Crippen LogP contribution in [0.1, 0.15) is 44.9 Å². The van der Waals surface area contributed by atoms with E-state index < -0.39 is 0 Å². The Hall–Kier alpha value is 0.120. The molecular weight excluding hydrogens is 391 g/mol. The van der Waals surface area contributed by atoms with Crippen molar-refractivity contribution < 1.29 is 38.4 Å². The maximum atomic E-state index is 12.5. The summed E-state index contributed by atoms with van der Waals surface area (Å²) in [6.07, 6.45) is 8.66. The van der Waals surface area contributed by atoms with Gasteiger partial charge in [-0.15, -0.1) is 0 Å². The van der Waals surface area contributed by atoms with Crippen molar-refractivity contribution in [3.8, 4) is 0 Å². The van der Waals surface area contributed by atoms with Crippen LogP contribution < -0.4 is 34.2 Å². The lowest BCUT2D eigenvalue weighted by molar-refractivity contribution is -0.891. The van der Waals surface area contributed by atoms with Gasteiger partial charge in [-0.1, -0.05) is 0 Å². The van der Waals surface area contributed by atoms with Gasteiger partial charge in [0.1, 0.15) is 19.2 Å². The van der Waals surface area contributed by atoms with Crippen LogP contribution in [0.2, 0.25) is 0 Å². The molecule has 0 aromatic rings. The van der Waals surface area contributed by atoms with Crippen molar-refractivity contribution in [2.24, 2.45) is 17.8 Å². The third-order valence-electron chi connectivity index (χ3n) is 6.31. The molecule has 0 spiro atoms. The lowest BCUT2D eigenvalue weighted by atomic mass is 9.53. The summed E-state index contributed by atoms with van der Waals surface area (Å²) in [5, 5.41) is 3.46. The maximum Gasteiger partial charge on any atom is 0.223 e. The summed E-state index contributed by atoms with van der Waals surface area (Å²) in [4.78, 5) is 14.0. The second-order valence-corrected chi connectivity index (χ2v) is 8.35. The molecule has 2 unspecified atom stereocenters. The van der Waals surface area contributed by atoms with E-state index in [4.69, 9.17) is 4.74 Å². The largest absolute Gasteiger partial charge is 1.00 e. The number of hydrogen-bond acceptors (Lipinski definition) is 2. The minimum Gasteiger partial charge on any atom is -1.00 e. The van der Waals surface area contributed by atoms with Crippen LogP contribution in [0, 0.1) is 17.8 Å². The zero-order valence-corrected chi connectivity index (χ0v) is 15.7. The molecule has 1 heterocycles. The second kappa shape index (κ2) is 6.55. The number of rotatable bonds is 3. The molecule has 1 aliphatic heterocycles. The number of likely N-dealkylation sites (N-methyl/N-ethyl adjacent to an activating group) is 1. The van der Waals surface area contributed by atoms with Gasteiger partial charge in [0, 0.05) is 5.54 Å². The van der Waals surface area contributed by atoms with Gasteiger partial charge in [0.25, 0.3) is 0 Å². The molecule has 0 aromatic heterocycles. The van der Waals surface area contributed by atoms with Crippen molar-refractivity contribution in [2.45, 2.75) is 56.6 Å². The average Bonchev–Trinajstić information content (AvgIpc) is 2.35. The third kappa shape index (κ3) is 3.46. The van der Waals surface area contributed by atoms with Crippen LogP contribution in [0.4, 0.5) is 0 Å². The summed E-state index contributed by atoms with van der Waals surface area (Å²) in [5.74, 6) is 2.89. The molecule has 22 heavy (non-hydrogen) atoms. The number of quaternary nitrogens is 1. The number of halogens is 1. The third-order valence-corrected chi connectivity index (χ3v) is 6.31. The van der Waals surface area contributed by atoms with E-state index in [9.17, 15) is 4.79 Å². The quantitative estimate of drug-likeness (QED) is 0.492. The Morgan fingerprint density at radius 3 is 2.32 bits per heavy atom. The van der Waals surface area contributed by atoms with E-state index in [0.29, 0.717) is 6.42 Å². The maximum absolute atomic E-state index is 12.5. The predicted octanol–water partition coefficient (Wildman–Crippen LogP) is -2.62. The van der Waals surface area contributed by atoms with Crippen LogP contribution >= 0.6 is 0 Å². The fraction of sp³-hybridized carbons (Fsp3) is 0.941. The molecule has 2 N–H and O–H groups in total. The first kappa shape index (κ1) is 17.0. The van der Waals surface area contributed by atoms with E-state index in [1.165, 1.54) is 43.4 Å². The van der Waals surface area contributed by atoms with Crippen LogP contribution in [0.3, 0.4) is 0 Å². The number of nitrogens with one attached hydrogen (secondary N) is 2. The molecule has 126 valence electrons. The minimum atomic E-state index is 0. The van der Waals surface area contributed by atoms with E-state index in [2.05, 4.69) is 12.4 Å². The van der Waals surface area contributed by atoms with Gasteiger partial charge in [0.15, 0.2) is 0 Å².